The summed E-state index contributed by atoms with van der Waals surface area (Å²) in [7, 11) is -3.06. The molecule has 1 aromatic rings. The number of amides is 1. The molecule has 1 aliphatic heterocycles. The molecule has 1 amide bonds. The highest BCUT2D eigenvalue weighted by atomic mass is 32.2. The van der Waals surface area contributed by atoms with Gasteiger partial charge in [-0.2, -0.15) is 0 Å². The molecule has 1 heterocycles. The summed E-state index contributed by atoms with van der Waals surface area (Å²) in [4.78, 5) is 13.5. The number of benzene rings is 1. The van der Waals surface area contributed by atoms with Crippen molar-refractivity contribution in [2.75, 3.05) is 11.5 Å². The molecule has 1 fully saturated rings. The first-order chi connectivity index (χ1) is 10.6. The third-order valence-corrected chi connectivity index (χ3v) is 7.35. The van der Waals surface area contributed by atoms with Crippen molar-refractivity contribution in [3.05, 3.63) is 24.3 Å². The van der Waals surface area contributed by atoms with Crippen molar-refractivity contribution in [3.63, 3.8) is 0 Å². The summed E-state index contributed by atoms with van der Waals surface area (Å²) in [5.41, 5.74) is -0.682. The number of phenols is 1. The van der Waals surface area contributed by atoms with Gasteiger partial charge >= 0.3 is 0 Å². The molecule has 2 N–H and O–H groups in total. The number of thioether (sulfide) groups is 1. The zero-order valence-corrected chi connectivity index (χ0v) is 15.2. The van der Waals surface area contributed by atoms with E-state index in [4.69, 9.17) is 0 Å². The van der Waals surface area contributed by atoms with Crippen LogP contribution in [0, 0.1) is 5.92 Å². The van der Waals surface area contributed by atoms with E-state index in [1.54, 1.807) is 31.2 Å². The first-order valence-electron chi connectivity index (χ1n) is 7.58. The lowest BCUT2D eigenvalue weighted by molar-refractivity contribution is -0.122. The quantitative estimate of drug-likeness (QED) is 0.790. The van der Waals surface area contributed by atoms with Gasteiger partial charge < -0.3 is 10.4 Å². The Morgan fingerprint density at radius 2 is 1.91 bits per heavy atom. The summed E-state index contributed by atoms with van der Waals surface area (Å²) in [6, 6.07) is 6.71. The number of rotatable bonds is 5. The lowest BCUT2D eigenvalue weighted by atomic mass is 10.0. The Kier molecular flexibility index (Phi) is 5.30. The van der Waals surface area contributed by atoms with Gasteiger partial charge in [-0.15, -0.1) is 11.8 Å². The molecule has 0 spiro atoms. The Bertz CT molecular complexity index is 670. The van der Waals surface area contributed by atoms with Gasteiger partial charge in [0.05, 0.1) is 22.3 Å². The van der Waals surface area contributed by atoms with E-state index < -0.39 is 15.4 Å². The van der Waals surface area contributed by atoms with Crippen LogP contribution in [0.25, 0.3) is 0 Å². The van der Waals surface area contributed by atoms with Crippen LogP contribution in [0.2, 0.25) is 0 Å². The van der Waals surface area contributed by atoms with Crippen molar-refractivity contribution in [3.8, 4) is 5.75 Å². The van der Waals surface area contributed by atoms with Crippen LogP contribution in [0.3, 0.4) is 0 Å². The number of hydrogen-bond donors (Lipinski definition) is 2. The second-order valence-electron chi connectivity index (χ2n) is 6.67. The second-order valence-corrected chi connectivity index (χ2v) is 10.1. The molecule has 2 unspecified atom stereocenters. The van der Waals surface area contributed by atoms with Gasteiger partial charge in [-0.3, -0.25) is 4.79 Å². The van der Waals surface area contributed by atoms with Crippen molar-refractivity contribution >= 4 is 27.5 Å². The summed E-state index contributed by atoms with van der Waals surface area (Å²) < 4.78 is 23.3. The van der Waals surface area contributed by atoms with E-state index in [9.17, 15) is 18.3 Å². The highest BCUT2D eigenvalue weighted by molar-refractivity contribution is 8.00. The van der Waals surface area contributed by atoms with Crippen molar-refractivity contribution in [2.45, 2.75) is 42.9 Å². The van der Waals surface area contributed by atoms with Gasteiger partial charge in [0.1, 0.15) is 5.75 Å². The molecule has 0 aromatic heterocycles. The van der Waals surface area contributed by atoms with Gasteiger partial charge in [-0.05, 0) is 43.5 Å². The molecular formula is C16H23NO4S2. The molecule has 7 heteroatoms. The molecule has 128 valence electrons. The van der Waals surface area contributed by atoms with Crippen LogP contribution < -0.4 is 5.32 Å². The maximum atomic E-state index is 12.7. The second kappa shape index (κ2) is 6.73. The fraction of sp³-hybridized carbons (Fsp3) is 0.562. The zero-order valence-electron chi connectivity index (χ0n) is 13.6. The monoisotopic (exact) mass is 357 g/mol. The molecule has 1 saturated heterocycles. The Balaban J connectivity index is 2.08. The maximum Gasteiger partial charge on any atom is 0.234 e. The first-order valence-corrected chi connectivity index (χ1v) is 10.3. The van der Waals surface area contributed by atoms with E-state index >= 15 is 0 Å². The largest absolute Gasteiger partial charge is 0.508 e. The number of hydrogen-bond acceptors (Lipinski definition) is 5. The van der Waals surface area contributed by atoms with Crippen LogP contribution in [0.1, 0.15) is 27.2 Å². The minimum atomic E-state index is -3.06. The fourth-order valence-corrected chi connectivity index (χ4v) is 5.76. The molecular weight excluding hydrogens is 334 g/mol. The fourth-order valence-electron chi connectivity index (χ4n) is 2.64. The number of sulfone groups is 1. The molecule has 1 aromatic carbocycles. The molecule has 5 nitrogen and oxygen atoms in total. The normalized spacial score (nSPS) is 24.5. The topological polar surface area (TPSA) is 83.5 Å². The summed E-state index contributed by atoms with van der Waals surface area (Å²) in [5.74, 6) is 0.262. The van der Waals surface area contributed by atoms with Crippen LogP contribution >= 0.6 is 11.8 Å². The lowest BCUT2D eigenvalue weighted by Crippen LogP contribution is -2.50. The average Bonchev–Trinajstić information content (AvgIpc) is 2.71. The van der Waals surface area contributed by atoms with Crippen LogP contribution in [0.4, 0.5) is 0 Å². The van der Waals surface area contributed by atoms with E-state index in [0.29, 0.717) is 6.42 Å². The highest BCUT2D eigenvalue weighted by Crippen LogP contribution is 2.31. The molecule has 1 aliphatic rings. The van der Waals surface area contributed by atoms with Crippen molar-refractivity contribution in [1.82, 2.24) is 5.32 Å². The summed E-state index contributed by atoms with van der Waals surface area (Å²) in [6.07, 6.45) is 0.454. The third-order valence-electron chi connectivity index (χ3n) is 3.89. The zero-order chi connectivity index (χ0) is 17.3. The van der Waals surface area contributed by atoms with Gasteiger partial charge in [0, 0.05) is 4.90 Å². The Morgan fingerprint density at radius 1 is 1.30 bits per heavy atom. The van der Waals surface area contributed by atoms with Crippen LogP contribution in [-0.4, -0.2) is 41.7 Å². The maximum absolute atomic E-state index is 12.7. The molecule has 23 heavy (non-hydrogen) atoms. The lowest BCUT2D eigenvalue weighted by Gasteiger charge is -2.28. The van der Waals surface area contributed by atoms with Gasteiger partial charge in [0.2, 0.25) is 5.91 Å². The van der Waals surface area contributed by atoms with Crippen molar-refractivity contribution in [1.29, 1.82) is 0 Å². The third kappa shape index (κ3) is 4.88. The Hall–Kier alpha value is -1.21. The van der Waals surface area contributed by atoms with E-state index in [0.717, 1.165) is 4.90 Å². The highest BCUT2D eigenvalue weighted by Gasteiger charge is 2.40. The minimum Gasteiger partial charge on any atom is -0.508 e. The van der Waals surface area contributed by atoms with Gasteiger partial charge in [0.25, 0.3) is 0 Å². The Morgan fingerprint density at radius 3 is 2.39 bits per heavy atom. The summed E-state index contributed by atoms with van der Waals surface area (Å²) >= 11 is 1.42. The molecule has 0 saturated carbocycles. The molecule has 0 radical (unpaired) electrons. The van der Waals surface area contributed by atoms with Crippen LogP contribution in [0.5, 0.6) is 5.75 Å². The van der Waals surface area contributed by atoms with Crippen molar-refractivity contribution < 1.29 is 18.3 Å². The molecule has 2 atom stereocenters. The summed E-state index contributed by atoms with van der Waals surface area (Å²) in [6.45, 7) is 5.72. The number of aromatic hydroxyl groups is 1. The molecule has 0 aliphatic carbocycles. The Labute approximate surface area is 141 Å². The van der Waals surface area contributed by atoms with E-state index in [1.807, 2.05) is 13.8 Å². The predicted molar refractivity (Wildman–Crippen MR) is 92.4 cm³/mol. The van der Waals surface area contributed by atoms with E-state index in [-0.39, 0.29) is 34.3 Å². The average molecular weight is 357 g/mol. The number of phenolic OH excluding ortho intramolecular Hbond substituents is 1. The van der Waals surface area contributed by atoms with Crippen LogP contribution in [-0.2, 0) is 14.6 Å². The van der Waals surface area contributed by atoms with Crippen molar-refractivity contribution in [2.24, 2.45) is 5.92 Å². The first kappa shape index (κ1) is 18.1. The van der Waals surface area contributed by atoms with E-state index in [1.165, 1.54) is 11.8 Å². The standard InChI is InChI=1S/C16H23NO4S2/c1-11(2)14(22-13-6-4-12(18)5-7-13)15(19)17-16(3)8-9-23(20,21)10-16/h4-7,11,14,18H,8-10H2,1-3H3,(H,17,19). The predicted octanol–water partition coefficient (Wildman–Crippen LogP) is 2.20. The molecule has 0 bridgehead atoms. The number of nitrogens with one attached hydrogen (secondary N) is 1. The van der Waals surface area contributed by atoms with Crippen LogP contribution in [0.15, 0.2) is 29.2 Å². The van der Waals surface area contributed by atoms with Gasteiger partial charge in [-0.1, -0.05) is 13.8 Å². The number of carbonyl (C=O) groups is 1. The molecule has 2 rings (SSSR count). The van der Waals surface area contributed by atoms with Gasteiger partial charge in [0.15, 0.2) is 9.84 Å². The van der Waals surface area contributed by atoms with E-state index in [2.05, 4.69) is 5.32 Å². The summed E-state index contributed by atoms with van der Waals surface area (Å²) in [5, 5.41) is 12.0. The minimum absolute atomic E-state index is 0.000428. The number of carbonyl (C=O) groups excluding carboxylic acids is 1. The SMILES string of the molecule is CC(C)C(Sc1ccc(O)cc1)C(=O)NC1(C)CCS(=O)(=O)C1. The smallest absolute Gasteiger partial charge is 0.234 e. The van der Waals surface area contributed by atoms with Gasteiger partial charge in [-0.25, -0.2) is 8.42 Å².